The van der Waals surface area contributed by atoms with Crippen molar-refractivity contribution in [2.75, 3.05) is 23.3 Å². The number of rotatable bonds is 7. The Morgan fingerprint density at radius 1 is 1.03 bits per heavy atom. The second-order valence-electron chi connectivity index (χ2n) is 6.11. The molecule has 30 heavy (non-hydrogen) atoms. The maximum Gasteiger partial charge on any atom is 0.338 e. The van der Waals surface area contributed by atoms with Gasteiger partial charge in [-0.25, -0.2) is 13.2 Å². The molecule has 0 radical (unpaired) electrons. The van der Waals surface area contributed by atoms with Crippen LogP contribution < -0.4 is 9.62 Å². The highest BCUT2D eigenvalue weighted by Crippen LogP contribution is 2.27. The second-order valence-corrected chi connectivity index (χ2v) is 9.73. The van der Waals surface area contributed by atoms with Crippen LogP contribution in [0.2, 0.25) is 4.34 Å². The van der Waals surface area contributed by atoms with Crippen LogP contribution in [-0.4, -0.2) is 33.9 Å². The maximum atomic E-state index is 12.3. The standard InChI is InChI=1S/C20H17ClN2O5S2/c1-23(16-5-3-2-4-6-16)18(24)13-28-20(25)14-7-9-15(10-8-14)22-30(26,27)19-12-11-17(21)29-19/h2-12,22H,13H2,1H3. The number of benzene rings is 2. The van der Waals surface area contributed by atoms with Crippen molar-refractivity contribution in [3.63, 3.8) is 0 Å². The van der Waals surface area contributed by atoms with E-state index < -0.39 is 22.6 Å². The quantitative estimate of drug-likeness (QED) is 0.533. The molecule has 7 nitrogen and oxygen atoms in total. The van der Waals surface area contributed by atoms with Crippen molar-refractivity contribution in [1.82, 2.24) is 0 Å². The van der Waals surface area contributed by atoms with Gasteiger partial charge >= 0.3 is 5.97 Å². The molecule has 3 aromatic rings. The van der Waals surface area contributed by atoms with Gasteiger partial charge in [-0.05, 0) is 48.5 Å². The number of carbonyl (C=O) groups excluding carboxylic acids is 2. The Balaban J connectivity index is 1.58. The first kappa shape index (κ1) is 21.8. The molecule has 0 fully saturated rings. The highest BCUT2D eigenvalue weighted by Gasteiger charge is 2.18. The number of hydrogen-bond acceptors (Lipinski definition) is 6. The molecule has 2 aromatic carbocycles. The van der Waals surface area contributed by atoms with Crippen LogP contribution in [-0.2, 0) is 19.6 Å². The van der Waals surface area contributed by atoms with E-state index in [2.05, 4.69) is 4.72 Å². The highest BCUT2D eigenvalue weighted by atomic mass is 35.5. The van der Waals surface area contributed by atoms with Gasteiger partial charge in [0.25, 0.3) is 15.9 Å². The monoisotopic (exact) mass is 464 g/mol. The van der Waals surface area contributed by atoms with Crippen LogP contribution in [0.4, 0.5) is 11.4 Å². The normalized spacial score (nSPS) is 11.0. The van der Waals surface area contributed by atoms with Crippen LogP contribution in [0.25, 0.3) is 0 Å². The lowest BCUT2D eigenvalue weighted by Gasteiger charge is -2.17. The van der Waals surface area contributed by atoms with Gasteiger partial charge in [0.05, 0.1) is 9.90 Å². The molecule has 0 spiro atoms. The molecule has 1 aromatic heterocycles. The van der Waals surface area contributed by atoms with Gasteiger partial charge in [0.2, 0.25) is 0 Å². The van der Waals surface area contributed by atoms with Crippen LogP contribution in [0.1, 0.15) is 10.4 Å². The van der Waals surface area contributed by atoms with Gasteiger partial charge in [0.1, 0.15) is 4.21 Å². The van der Waals surface area contributed by atoms with Crippen LogP contribution in [0.3, 0.4) is 0 Å². The van der Waals surface area contributed by atoms with Crippen LogP contribution in [0.5, 0.6) is 0 Å². The lowest BCUT2D eigenvalue weighted by molar-refractivity contribution is -0.121. The van der Waals surface area contributed by atoms with Gasteiger partial charge in [0.15, 0.2) is 6.61 Å². The number of hydrogen-bond donors (Lipinski definition) is 1. The Hall–Kier alpha value is -2.88. The fourth-order valence-corrected chi connectivity index (χ4v) is 4.97. The molecule has 0 aliphatic rings. The summed E-state index contributed by atoms with van der Waals surface area (Å²) < 4.78 is 32.5. The fourth-order valence-electron chi connectivity index (χ4n) is 2.42. The van der Waals surface area contributed by atoms with Crippen molar-refractivity contribution < 1.29 is 22.7 Å². The number of carbonyl (C=O) groups is 2. The van der Waals surface area contributed by atoms with Gasteiger partial charge in [-0.3, -0.25) is 9.52 Å². The number of nitrogens with zero attached hydrogens (tertiary/aromatic N) is 1. The molecular formula is C20H17ClN2O5S2. The van der Waals surface area contributed by atoms with E-state index in [9.17, 15) is 18.0 Å². The van der Waals surface area contributed by atoms with E-state index in [0.29, 0.717) is 10.0 Å². The molecule has 0 saturated heterocycles. The van der Waals surface area contributed by atoms with Crippen LogP contribution >= 0.6 is 22.9 Å². The molecule has 0 aliphatic carbocycles. The Bertz CT molecular complexity index is 1150. The molecule has 0 unspecified atom stereocenters. The van der Waals surface area contributed by atoms with Crippen molar-refractivity contribution in [3.8, 4) is 0 Å². The van der Waals surface area contributed by atoms with Crippen molar-refractivity contribution in [3.05, 3.63) is 76.6 Å². The number of thiophene rings is 1. The maximum absolute atomic E-state index is 12.3. The number of amides is 1. The fraction of sp³-hybridized carbons (Fsp3) is 0.100. The SMILES string of the molecule is CN(C(=O)COC(=O)c1ccc(NS(=O)(=O)c2ccc(Cl)s2)cc1)c1ccccc1. The lowest BCUT2D eigenvalue weighted by atomic mass is 10.2. The summed E-state index contributed by atoms with van der Waals surface area (Å²) in [4.78, 5) is 25.8. The van der Waals surface area contributed by atoms with E-state index >= 15 is 0 Å². The van der Waals surface area contributed by atoms with Gasteiger partial charge in [-0.1, -0.05) is 29.8 Å². The van der Waals surface area contributed by atoms with Crippen molar-refractivity contribution >= 4 is 56.2 Å². The first-order valence-corrected chi connectivity index (χ1v) is 11.3. The predicted molar refractivity (Wildman–Crippen MR) is 117 cm³/mol. The first-order chi connectivity index (χ1) is 14.3. The van der Waals surface area contributed by atoms with Gasteiger partial charge < -0.3 is 9.64 Å². The largest absolute Gasteiger partial charge is 0.452 e. The highest BCUT2D eigenvalue weighted by molar-refractivity contribution is 7.94. The summed E-state index contributed by atoms with van der Waals surface area (Å²) in [6.45, 7) is -0.419. The molecular weight excluding hydrogens is 448 g/mol. The minimum atomic E-state index is -3.77. The zero-order chi connectivity index (χ0) is 21.7. The summed E-state index contributed by atoms with van der Waals surface area (Å²) >= 11 is 6.72. The number of likely N-dealkylation sites (N-methyl/N-ethyl adjacent to an activating group) is 1. The molecule has 1 heterocycles. The van der Waals surface area contributed by atoms with Crippen molar-refractivity contribution in [2.24, 2.45) is 0 Å². The summed E-state index contributed by atoms with van der Waals surface area (Å²) in [6.07, 6.45) is 0. The second kappa shape index (κ2) is 9.29. The smallest absolute Gasteiger partial charge is 0.338 e. The molecule has 156 valence electrons. The number of anilines is 2. The molecule has 1 N–H and O–H groups in total. The lowest BCUT2D eigenvalue weighted by Crippen LogP contribution is -2.31. The topological polar surface area (TPSA) is 92.8 Å². The average Bonchev–Trinajstić information content (AvgIpc) is 3.19. The van der Waals surface area contributed by atoms with E-state index in [1.807, 2.05) is 6.07 Å². The Labute approximate surface area is 182 Å². The third kappa shape index (κ3) is 5.38. The van der Waals surface area contributed by atoms with Crippen molar-refractivity contribution in [1.29, 1.82) is 0 Å². The van der Waals surface area contributed by atoms with Crippen molar-refractivity contribution in [2.45, 2.75) is 4.21 Å². The average molecular weight is 465 g/mol. The molecule has 10 heteroatoms. The Morgan fingerprint density at radius 2 is 1.70 bits per heavy atom. The zero-order valence-electron chi connectivity index (χ0n) is 15.7. The summed E-state index contributed by atoms with van der Waals surface area (Å²) in [6, 6.07) is 17.6. The third-order valence-electron chi connectivity index (χ3n) is 4.03. The van der Waals surface area contributed by atoms with Gasteiger partial charge in [-0.2, -0.15) is 0 Å². The van der Waals surface area contributed by atoms with Crippen LogP contribution in [0.15, 0.2) is 70.9 Å². The minimum Gasteiger partial charge on any atom is -0.452 e. The van der Waals surface area contributed by atoms with E-state index in [0.717, 1.165) is 11.3 Å². The van der Waals surface area contributed by atoms with E-state index in [4.69, 9.17) is 16.3 Å². The number of ether oxygens (including phenoxy) is 1. The molecule has 0 bridgehead atoms. The Kier molecular flexibility index (Phi) is 6.76. The summed E-state index contributed by atoms with van der Waals surface area (Å²) in [7, 11) is -2.17. The molecule has 1 amide bonds. The molecule has 0 atom stereocenters. The number of halogens is 1. The van der Waals surface area contributed by atoms with E-state index in [-0.39, 0.29) is 21.4 Å². The van der Waals surface area contributed by atoms with Crippen LogP contribution in [0, 0.1) is 0 Å². The number of para-hydroxylation sites is 1. The Morgan fingerprint density at radius 3 is 2.30 bits per heavy atom. The number of nitrogens with one attached hydrogen (secondary N) is 1. The van der Waals surface area contributed by atoms with E-state index in [1.54, 1.807) is 31.3 Å². The number of sulfonamides is 1. The first-order valence-electron chi connectivity index (χ1n) is 8.63. The number of esters is 1. The zero-order valence-corrected chi connectivity index (χ0v) is 18.1. The summed E-state index contributed by atoms with van der Waals surface area (Å²) in [5, 5.41) is 0. The third-order valence-corrected chi connectivity index (χ3v) is 7.13. The summed E-state index contributed by atoms with van der Waals surface area (Å²) in [5.74, 6) is -1.07. The predicted octanol–water partition coefficient (Wildman–Crippen LogP) is 4.02. The van der Waals surface area contributed by atoms with Gasteiger partial charge in [0, 0.05) is 18.4 Å². The molecule has 0 aliphatic heterocycles. The minimum absolute atomic E-state index is 0.0806. The molecule has 0 saturated carbocycles. The van der Waals surface area contributed by atoms with E-state index in [1.165, 1.54) is 41.3 Å². The molecule has 3 rings (SSSR count). The summed E-state index contributed by atoms with van der Waals surface area (Å²) in [5.41, 5.74) is 1.14. The van der Waals surface area contributed by atoms with Gasteiger partial charge in [-0.15, -0.1) is 11.3 Å².